The highest BCUT2D eigenvalue weighted by molar-refractivity contribution is 5.72. The SMILES string of the molecule is CCCCO[C@H](Cc1ccccc1F)C(=O)O. The maximum atomic E-state index is 13.4. The van der Waals surface area contributed by atoms with Crippen molar-refractivity contribution in [3.8, 4) is 0 Å². The maximum Gasteiger partial charge on any atom is 0.333 e. The predicted molar refractivity (Wildman–Crippen MR) is 62.4 cm³/mol. The Morgan fingerprint density at radius 1 is 1.47 bits per heavy atom. The molecule has 0 spiro atoms. The fourth-order valence-corrected chi connectivity index (χ4v) is 1.45. The van der Waals surface area contributed by atoms with Crippen molar-refractivity contribution in [2.75, 3.05) is 6.61 Å². The van der Waals surface area contributed by atoms with Crippen LogP contribution < -0.4 is 0 Å². The number of hydrogen-bond acceptors (Lipinski definition) is 2. The third-order valence-corrected chi connectivity index (χ3v) is 2.46. The maximum absolute atomic E-state index is 13.4. The van der Waals surface area contributed by atoms with Crippen molar-refractivity contribution in [2.24, 2.45) is 0 Å². The Balaban J connectivity index is 2.61. The number of carboxylic acids is 1. The second kappa shape index (κ2) is 7.01. The number of rotatable bonds is 7. The molecule has 0 radical (unpaired) electrons. The van der Waals surface area contributed by atoms with Crippen LogP contribution in [0.25, 0.3) is 0 Å². The summed E-state index contributed by atoms with van der Waals surface area (Å²) >= 11 is 0. The number of carbonyl (C=O) groups is 1. The molecule has 1 aromatic rings. The topological polar surface area (TPSA) is 46.5 Å². The quantitative estimate of drug-likeness (QED) is 0.745. The average molecular weight is 240 g/mol. The molecule has 17 heavy (non-hydrogen) atoms. The Bertz CT molecular complexity index is 365. The number of halogens is 1. The van der Waals surface area contributed by atoms with Crippen LogP contribution in [0.2, 0.25) is 0 Å². The van der Waals surface area contributed by atoms with Crippen molar-refractivity contribution < 1.29 is 19.0 Å². The molecule has 0 aromatic heterocycles. The fourth-order valence-electron chi connectivity index (χ4n) is 1.45. The van der Waals surface area contributed by atoms with Crippen LogP contribution in [0.5, 0.6) is 0 Å². The lowest BCUT2D eigenvalue weighted by Gasteiger charge is -2.13. The van der Waals surface area contributed by atoms with Gasteiger partial charge in [-0.15, -0.1) is 0 Å². The number of aliphatic carboxylic acids is 1. The molecule has 94 valence electrons. The molecule has 0 saturated carbocycles. The lowest BCUT2D eigenvalue weighted by atomic mass is 10.1. The highest BCUT2D eigenvalue weighted by Crippen LogP contribution is 2.11. The molecule has 0 aliphatic carbocycles. The van der Waals surface area contributed by atoms with Crippen molar-refractivity contribution in [3.63, 3.8) is 0 Å². The highest BCUT2D eigenvalue weighted by Gasteiger charge is 2.19. The van der Waals surface area contributed by atoms with Gasteiger partial charge in [-0.05, 0) is 18.1 Å². The third-order valence-electron chi connectivity index (χ3n) is 2.46. The van der Waals surface area contributed by atoms with E-state index in [-0.39, 0.29) is 6.42 Å². The highest BCUT2D eigenvalue weighted by atomic mass is 19.1. The van der Waals surface area contributed by atoms with Crippen molar-refractivity contribution in [2.45, 2.75) is 32.3 Å². The minimum absolute atomic E-state index is 0.0612. The van der Waals surface area contributed by atoms with Gasteiger partial charge in [-0.25, -0.2) is 9.18 Å². The van der Waals surface area contributed by atoms with E-state index in [0.717, 1.165) is 12.8 Å². The van der Waals surface area contributed by atoms with Crippen LogP contribution in [0, 0.1) is 5.82 Å². The average Bonchev–Trinajstić information content (AvgIpc) is 2.30. The number of carboxylic acid groups (broad SMARTS) is 1. The Kier molecular flexibility index (Phi) is 5.63. The Hall–Kier alpha value is -1.42. The molecule has 3 nitrogen and oxygen atoms in total. The first-order valence-corrected chi connectivity index (χ1v) is 5.73. The van der Waals surface area contributed by atoms with Gasteiger partial charge in [0.25, 0.3) is 0 Å². The molecule has 0 unspecified atom stereocenters. The molecule has 1 N–H and O–H groups in total. The third kappa shape index (κ3) is 4.53. The molecule has 1 aromatic carbocycles. The molecular formula is C13H17FO3. The van der Waals surface area contributed by atoms with Gasteiger partial charge in [0.05, 0.1) is 0 Å². The summed E-state index contributed by atoms with van der Waals surface area (Å²) in [5, 5.41) is 8.98. The second-order valence-electron chi connectivity index (χ2n) is 3.85. The zero-order chi connectivity index (χ0) is 12.7. The molecule has 0 bridgehead atoms. The molecule has 0 heterocycles. The molecule has 0 amide bonds. The van der Waals surface area contributed by atoms with E-state index in [2.05, 4.69) is 0 Å². The second-order valence-corrected chi connectivity index (χ2v) is 3.85. The lowest BCUT2D eigenvalue weighted by Crippen LogP contribution is -2.27. The molecule has 4 heteroatoms. The number of ether oxygens (including phenoxy) is 1. The van der Waals surface area contributed by atoms with Gasteiger partial charge in [-0.3, -0.25) is 0 Å². The molecule has 1 rings (SSSR count). The molecule has 0 aliphatic rings. The summed E-state index contributed by atoms with van der Waals surface area (Å²) in [5.41, 5.74) is 0.372. The van der Waals surface area contributed by atoms with Gasteiger partial charge in [0.2, 0.25) is 0 Å². The first-order chi connectivity index (χ1) is 8.15. The molecule has 1 atom stereocenters. The predicted octanol–water partition coefficient (Wildman–Crippen LogP) is 2.64. The fraction of sp³-hybridized carbons (Fsp3) is 0.462. The van der Waals surface area contributed by atoms with Gasteiger partial charge in [0.1, 0.15) is 5.82 Å². The number of unbranched alkanes of at least 4 members (excludes halogenated alkanes) is 1. The Morgan fingerprint density at radius 3 is 2.76 bits per heavy atom. The van der Waals surface area contributed by atoms with Gasteiger partial charge >= 0.3 is 5.97 Å². The monoisotopic (exact) mass is 240 g/mol. The number of benzene rings is 1. The summed E-state index contributed by atoms with van der Waals surface area (Å²) in [6.45, 7) is 2.39. The standard InChI is InChI=1S/C13H17FO3/c1-2-3-8-17-12(13(15)16)9-10-6-4-5-7-11(10)14/h4-7,12H,2-3,8-9H2,1H3,(H,15,16)/t12-/m1/s1. The van der Waals surface area contributed by atoms with E-state index in [1.165, 1.54) is 6.07 Å². The summed E-state index contributed by atoms with van der Waals surface area (Å²) in [6, 6.07) is 6.16. The molecular weight excluding hydrogens is 223 g/mol. The number of hydrogen-bond donors (Lipinski definition) is 1. The summed E-state index contributed by atoms with van der Waals surface area (Å²) in [6.07, 6.45) is 0.831. The van der Waals surface area contributed by atoms with Gasteiger partial charge in [0.15, 0.2) is 6.10 Å². The first-order valence-electron chi connectivity index (χ1n) is 5.73. The summed E-state index contributed by atoms with van der Waals surface area (Å²) < 4.78 is 18.6. The van der Waals surface area contributed by atoms with Crippen LogP contribution in [0.4, 0.5) is 4.39 Å². The largest absolute Gasteiger partial charge is 0.479 e. The lowest BCUT2D eigenvalue weighted by molar-refractivity contribution is -0.150. The Labute approximate surface area is 100 Å². The van der Waals surface area contributed by atoms with E-state index in [0.29, 0.717) is 12.2 Å². The van der Waals surface area contributed by atoms with Crippen molar-refractivity contribution in [1.82, 2.24) is 0 Å². The Morgan fingerprint density at radius 2 is 2.18 bits per heavy atom. The van der Waals surface area contributed by atoms with E-state index < -0.39 is 17.9 Å². The van der Waals surface area contributed by atoms with E-state index >= 15 is 0 Å². The zero-order valence-corrected chi connectivity index (χ0v) is 9.86. The van der Waals surface area contributed by atoms with Crippen LogP contribution in [-0.4, -0.2) is 23.8 Å². The molecule has 0 aliphatic heterocycles. The van der Waals surface area contributed by atoms with Crippen molar-refractivity contribution >= 4 is 5.97 Å². The van der Waals surface area contributed by atoms with E-state index in [4.69, 9.17) is 9.84 Å². The van der Waals surface area contributed by atoms with Gasteiger partial charge in [0, 0.05) is 13.0 Å². The van der Waals surface area contributed by atoms with E-state index in [9.17, 15) is 9.18 Å². The van der Waals surface area contributed by atoms with Gasteiger partial charge < -0.3 is 9.84 Å². The van der Waals surface area contributed by atoms with Gasteiger partial charge in [-0.1, -0.05) is 31.5 Å². The van der Waals surface area contributed by atoms with Crippen LogP contribution in [0.1, 0.15) is 25.3 Å². The van der Waals surface area contributed by atoms with Crippen LogP contribution >= 0.6 is 0 Å². The van der Waals surface area contributed by atoms with E-state index in [1.807, 2.05) is 6.92 Å². The summed E-state index contributed by atoms with van der Waals surface area (Å²) in [4.78, 5) is 11.0. The minimum Gasteiger partial charge on any atom is -0.479 e. The first kappa shape index (κ1) is 13.6. The van der Waals surface area contributed by atoms with Crippen molar-refractivity contribution in [3.05, 3.63) is 35.6 Å². The normalized spacial score (nSPS) is 12.4. The smallest absolute Gasteiger partial charge is 0.333 e. The summed E-state index contributed by atoms with van der Waals surface area (Å²) in [5.74, 6) is -1.44. The molecule has 0 saturated heterocycles. The van der Waals surface area contributed by atoms with Crippen LogP contribution in [0.15, 0.2) is 24.3 Å². The van der Waals surface area contributed by atoms with Gasteiger partial charge in [-0.2, -0.15) is 0 Å². The molecule has 0 fully saturated rings. The van der Waals surface area contributed by atoms with Crippen LogP contribution in [0.3, 0.4) is 0 Å². The minimum atomic E-state index is -1.05. The zero-order valence-electron chi connectivity index (χ0n) is 9.86. The van der Waals surface area contributed by atoms with Crippen molar-refractivity contribution in [1.29, 1.82) is 0 Å². The van der Waals surface area contributed by atoms with Crippen LogP contribution in [-0.2, 0) is 16.0 Å². The summed E-state index contributed by atoms with van der Waals surface area (Å²) in [7, 11) is 0. The van der Waals surface area contributed by atoms with E-state index in [1.54, 1.807) is 18.2 Å².